The van der Waals surface area contributed by atoms with Crippen LogP contribution in [0.3, 0.4) is 0 Å². The van der Waals surface area contributed by atoms with Gasteiger partial charge < -0.3 is 10.6 Å². The van der Waals surface area contributed by atoms with Crippen LogP contribution >= 0.6 is 0 Å². The predicted octanol–water partition coefficient (Wildman–Crippen LogP) is 3.35. The van der Waals surface area contributed by atoms with E-state index in [4.69, 9.17) is 5.73 Å². The van der Waals surface area contributed by atoms with Gasteiger partial charge >= 0.3 is 0 Å². The molecule has 1 heterocycles. The van der Waals surface area contributed by atoms with E-state index in [9.17, 15) is 4.79 Å². The standard InChI is InChI=1S/C18H20N2O/c1-2-14(13-7-4-3-5-8-13)18(21)20-12-11-15-16(19)9-6-10-17(15)20/h3-10,14H,2,11-12,19H2,1H3. The zero-order valence-electron chi connectivity index (χ0n) is 12.3. The summed E-state index contributed by atoms with van der Waals surface area (Å²) in [6.45, 7) is 2.79. The molecule has 0 aliphatic carbocycles. The van der Waals surface area contributed by atoms with Gasteiger partial charge in [-0.2, -0.15) is 0 Å². The SMILES string of the molecule is CCC(C(=O)N1CCc2c(N)cccc21)c1ccccc1. The molecular formula is C18H20N2O. The topological polar surface area (TPSA) is 46.3 Å². The van der Waals surface area contributed by atoms with Crippen LogP contribution in [0, 0.1) is 0 Å². The summed E-state index contributed by atoms with van der Waals surface area (Å²) in [5.41, 5.74) is 9.98. The normalized spacial score (nSPS) is 14.8. The van der Waals surface area contributed by atoms with E-state index < -0.39 is 0 Å². The van der Waals surface area contributed by atoms with E-state index in [0.29, 0.717) is 0 Å². The van der Waals surface area contributed by atoms with Gasteiger partial charge in [-0.05, 0) is 30.5 Å². The summed E-state index contributed by atoms with van der Waals surface area (Å²) in [5.74, 6) is 0.0895. The highest BCUT2D eigenvalue weighted by Crippen LogP contribution is 2.35. The molecule has 1 atom stereocenters. The van der Waals surface area contributed by atoms with Crippen molar-refractivity contribution in [1.82, 2.24) is 0 Å². The first-order valence-electron chi connectivity index (χ1n) is 7.46. The van der Waals surface area contributed by atoms with Crippen LogP contribution in [0.15, 0.2) is 48.5 Å². The van der Waals surface area contributed by atoms with Crippen molar-refractivity contribution >= 4 is 17.3 Å². The Morgan fingerprint density at radius 2 is 1.95 bits per heavy atom. The van der Waals surface area contributed by atoms with Gasteiger partial charge in [0.15, 0.2) is 0 Å². The second-order valence-corrected chi connectivity index (χ2v) is 5.46. The van der Waals surface area contributed by atoms with Crippen molar-refractivity contribution in [3.05, 3.63) is 59.7 Å². The number of benzene rings is 2. The van der Waals surface area contributed by atoms with Gasteiger partial charge in [0.2, 0.25) is 5.91 Å². The van der Waals surface area contributed by atoms with Crippen molar-refractivity contribution in [2.45, 2.75) is 25.7 Å². The number of amides is 1. The van der Waals surface area contributed by atoms with Crippen LogP contribution in [0.1, 0.15) is 30.4 Å². The van der Waals surface area contributed by atoms with Gasteiger partial charge in [0.25, 0.3) is 0 Å². The number of anilines is 2. The molecule has 0 aromatic heterocycles. The van der Waals surface area contributed by atoms with Crippen molar-refractivity contribution in [2.24, 2.45) is 0 Å². The molecule has 3 nitrogen and oxygen atoms in total. The van der Waals surface area contributed by atoms with E-state index in [1.807, 2.05) is 53.4 Å². The van der Waals surface area contributed by atoms with Crippen LogP contribution in [0.2, 0.25) is 0 Å². The van der Waals surface area contributed by atoms with E-state index in [0.717, 1.165) is 41.9 Å². The minimum atomic E-state index is -0.0846. The lowest BCUT2D eigenvalue weighted by Gasteiger charge is -2.23. The molecule has 21 heavy (non-hydrogen) atoms. The van der Waals surface area contributed by atoms with Crippen molar-refractivity contribution in [3.8, 4) is 0 Å². The molecule has 1 aliphatic rings. The zero-order chi connectivity index (χ0) is 14.8. The van der Waals surface area contributed by atoms with Crippen LogP contribution in [-0.2, 0) is 11.2 Å². The first-order chi connectivity index (χ1) is 10.2. The molecule has 0 bridgehead atoms. The summed E-state index contributed by atoms with van der Waals surface area (Å²) in [6.07, 6.45) is 1.65. The second kappa shape index (κ2) is 5.60. The molecule has 1 unspecified atom stereocenters. The Labute approximate surface area is 125 Å². The molecule has 2 aromatic rings. The quantitative estimate of drug-likeness (QED) is 0.876. The summed E-state index contributed by atoms with van der Waals surface area (Å²) in [5, 5.41) is 0. The molecule has 0 fully saturated rings. The van der Waals surface area contributed by atoms with Crippen molar-refractivity contribution in [1.29, 1.82) is 0 Å². The van der Waals surface area contributed by atoms with Crippen molar-refractivity contribution < 1.29 is 4.79 Å². The Morgan fingerprint density at radius 1 is 1.19 bits per heavy atom. The lowest BCUT2D eigenvalue weighted by molar-refractivity contribution is -0.120. The molecule has 0 radical (unpaired) electrons. The summed E-state index contributed by atoms with van der Waals surface area (Å²) >= 11 is 0. The number of fused-ring (bicyclic) bond motifs is 1. The van der Waals surface area contributed by atoms with E-state index >= 15 is 0 Å². The number of carbonyl (C=O) groups is 1. The monoisotopic (exact) mass is 280 g/mol. The van der Waals surface area contributed by atoms with Gasteiger partial charge in [-0.15, -0.1) is 0 Å². The highest BCUT2D eigenvalue weighted by molar-refractivity contribution is 6.00. The molecule has 0 spiro atoms. The van der Waals surface area contributed by atoms with Gasteiger partial charge in [0.1, 0.15) is 0 Å². The molecule has 2 N–H and O–H groups in total. The van der Waals surface area contributed by atoms with Crippen LogP contribution in [0.4, 0.5) is 11.4 Å². The molecule has 2 aromatic carbocycles. The average molecular weight is 280 g/mol. The lowest BCUT2D eigenvalue weighted by atomic mass is 9.95. The maximum Gasteiger partial charge on any atom is 0.234 e. The Balaban J connectivity index is 1.92. The van der Waals surface area contributed by atoms with Gasteiger partial charge in [-0.25, -0.2) is 0 Å². The maximum atomic E-state index is 12.9. The number of nitrogen functional groups attached to an aromatic ring is 1. The minimum Gasteiger partial charge on any atom is -0.398 e. The molecule has 108 valence electrons. The smallest absolute Gasteiger partial charge is 0.234 e. The number of hydrogen-bond donors (Lipinski definition) is 1. The zero-order valence-corrected chi connectivity index (χ0v) is 12.3. The fourth-order valence-electron chi connectivity index (χ4n) is 3.12. The van der Waals surface area contributed by atoms with E-state index in [-0.39, 0.29) is 11.8 Å². The summed E-state index contributed by atoms with van der Waals surface area (Å²) < 4.78 is 0. The Hall–Kier alpha value is -2.29. The Kier molecular flexibility index (Phi) is 3.65. The fraction of sp³-hybridized carbons (Fsp3) is 0.278. The van der Waals surface area contributed by atoms with Crippen LogP contribution in [-0.4, -0.2) is 12.5 Å². The predicted molar refractivity (Wildman–Crippen MR) is 86.4 cm³/mol. The second-order valence-electron chi connectivity index (χ2n) is 5.46. The minimum absolute atomic E-state index is 0.0846. The van der Waals surface area contributed by atoms with Crippen molar-refractivity contribution in [3.63, 3.8) is 0 Å². The number of carbonyl (C=O) groups excluding carboxylic acids is 1. The highest BCUT2D eigenvalue weighted by atomic mass is 16.2. The Morgan fingerprint density at radius 3 is 2.67 bits per heavy atom. The summed E-state index contributed by atoms with van der Waals surface area (Å²) in [4.78, 5) is 14.8. The summed E-state index contributed by atoms with van der Waals surface area (Å²) in [7, 11) is 0. The average Bonchev–Trinajstić information content (AvgIpc) is 2.94. The van der Waals surface area contributed by atoms with Crippen LogP contribution in [0.25, 0.3) is 0 Å². The van der Waals surface area contributed by atoms with Gasteiger partial charge in [-0.3, -0.25) is 4.79 Å². The highest BCUT2D eigenvalue weighted by Gasteiger charge is 2.30. The first kappa shape index (κ1) is 13.7. The number of hydrogen-bond acceptors (Lipinski definition) is 2. The van der Waals surface area contributed by atoms with Crippen LogP contribution in [0.5, 0.6) is 0 Å². The molecule has 1 amide bonds. The van der Waals surface area contributed by atoms with Crippen molar-refractivity contribution in [2.75, 3.05) is 17.2 Å². The molecule has 0 saturated heterocycles. The van der Waals surface area contributed by atoms with E-state index in [2.05, 4.69) is 6.92 Å². The molecule has 3 heteroatoms. The molecule has 0 saturated carbocycles. The van der Waals surface area contributed by atoms with Gasteiger partial charge in [-0.1, -0.05) is 43.3 Å². The molecule has 3 rings (SSSR count). The Bertz CT molecular complexity index is 652. The summed E-state index contributed by atoms with van der Waals surface area (Å²) in [6, 6.07) is 15.8. The number of nitrogens with two attached hydrogens (primary N) is 1. The molecular weight excluding hydrogens is 260 g/mol. The largest absolute Gasteiger partial charge is 0.398 e. The van der Waals surface area contributed by atoms with Crippen LogP contribution < -0.4 is 10.6 Å². The first-order valence-corrected chi connectivity index (χ1v) is 7.46. The third-order valence-corrected chi connectivity index (χ3v) is 4.24. The third kappa shape index (κ3) is 2.40. The lowest BCUT2D eigenvalue weighted by Crippen LogP contribution is -2.33. The molecule has 1 aliphatic heterocycles. The third-order valence-electron chi connectivity index (χ3n) is 4.24. The van der Waals surface area contributed by atoms with Gasteiger partial charge in [0.05, 0.1) is 5.92 Å². The van der Waals surface area contributed by atoms with E-state index in [1.165, 1.54) is 0 Å². The fourth-order valence-corrected chi connectivity index (χ4v) is 3.12. The number of nitrogens with zero attached hydrogens (tertiary/aromatic N) is 1. The van der Waals surface area contributed by atoms with E-state index in [1.54, 1.807) is 0 Å². The maximum absolute atomic E-state index is 12.9. The number of rotatable bonds is 3. The van der Waals surface area contributed by atoms with Gasteiger partial charge in [0, 0.05) is 23.5 Å².